The molecule has 2 rings (SSSR count). The van der Waals surface area contributed by atoms with E-state index in [4.69, 9.17) is 9.15 Å². The molecule has 0 bridgehead atoms. The zero-order valence-corrected chi connectivity index (χ0v) is 12.4. The first-order chi connectivity index (χ1) is 9.75. The van der Waals surface area contributed by atoms with Crippen molar-refractivity contribution < 1.29 is 14.3 Å². The summed E-state index contributed by atoms with van der Waals surface area (Å²) >= 11 is 1.64. The van der Waals surface area contributed by atoms with Crippen molar-refractivity contribution in [1.82, 2.24) is 10.3 Å². The van der Waals surface area contributed by atoms with Gasteiger partial charge in [-0.1, -0.05) is 0 Å². The minimum Gasteiger partial charge on any atom is -0.468 e. The van der Waals surface area contributed by atoms with Crippen LogP contribution in [0.4, 0.5) is 0 Å². The van der Waals surface area contributed by atoms with Crippen molar-refractivity contribution in [2.75, 3.05) is 19.8 Å². The number of furan rings is 1. The predicted molar refractivity (Wildman–Crippen MR) is 77.8 cm³/mol. The van der Waals surface area contributed by atoms with E-state index in [2.05, 4.69) is 10.3 Å². The van der Waals surface area contributed by atoms with Gasteiger partial charge >= 0.3 is 0 Å². The van der Waals surface area contributed by atoms with Crippen molar-refractivity contribution in [2.24, 2.45) is 0 Å². The Morgan fingerprint density at radius 2 is 2.45 bits per heavy atom. The highest BCUT2D eigenvalue weighted by molar-refractivity contribution is 7.09. The molecular formula is C14H20N2O3S. The highest BCUT2D eigenvalue weighted by Gasteiger charge is 2.06. The molecule has 6 heteroatoms. The molecule has 0 aliphatic carbocycles. The van der Waals surface area contributed by atoms with E-state index in [1.165, 1.54) is 4.88 Å². The minimum absolute atomic E-state index is 0.336. The molecular weight excluding hydrogens is 276 g/mol. The smallest absolute Gasteiger partial charge is 0.117 e. The lowest BCUT2D eigenvalue weighted by atomic mass is 10.3. The number of nitrogens with one attached hydrogen (secondary N) is 1. The van der Waals surface area contributed by atoms with Crippen molar-refractivity contribution in [3.8, 4) is 0 Å². The van der Waals surface area contributed by atoms with Crippen molar-refractivity contribution in [3.05, 3.63) is 40.2 Å². The summed E-state index contributed by atoms with van der Waals surface area (Å²) < 4.78 is 10.7. The SMILES string of the molecule is Cc1ncsc1CCOCC(O)CNCc1ccco1. The van der Waals surface area contributed by atoms with E-state index in [1.54, 1.807) is 17.6 Å². The maximum Gasteiger partial charge on any atom is 0.117 e. The van der Waals surface area contributed by atoms with E-state index in [1.807, 2.05) is 24.6 Å². The molecule has 2 aromatic rings. The Labute approximate surface area is 122 Å². The van der Waals surface area contributed by atoms with E-state index in [-0.39, 0.29) is 0 Å². The highest BCUT2D eigenvalue weighted by Crippen LogP contribution is 2.12. The third-order valence-electron chi connectivity index (χ3n) is 2.89. The van der Waals surface area contributed by atoms with Crippen LogP contribution in [0.1, 0.15) is 16.3 Å². The molecule has 0 saturated carbocycles. The Bertz CT molecular complexity index is 484. The number of hydrogen-bond donors (Lipinski definition) is 2. The first kappa shape index (κ1) is 15.2. The van der Waals surface area contributed by atoms with Gasteiger partial charge in [0, 0.05) is 17.8 Å². The number of hydrogen-bond acceptors (Lipinski definition) is 6. The van der Waals surface area contributed by atoms with Gasteiger partial charge in [0.05, 0.1) is 43.3 Å². The largest absolute Gasteiger partial charge is 0.468 e. The van der Waals surface area contributed by atoms with Crippen molar-refractivity contribution >= 4 is 11.3 Å². The fourth-order valence-corrected chi connectivity index (χ4v) is 2.55. The van der Waals surface area contributed by atoms with Crippen LogP contribution < -0.4 is 5.32 Å². The zero-order chi connectivity index (χ0) is 14.2. The molecule has 0 spiro atoms. The number of rotatable bonds is 9. The van der Waals surface area contributed by atoms with E-state index in [0.717, 1.165) is 17.9 Å². The maximum absolute atomic E-state index is 9.76. The standard InChI is InChI=1S/C14H20N2O3S/c1-11-14(20-10-16-11)4-6-18-9-12(17)7-15-8-13-3-2-5-19-13/h2-3,5,10,12,15,17H,4,6-9H2,1H3. The van der Waals surface area contributed by atoms with Gasteiger partial charge < -0.3 is 19.6 Å². The lowest BCUT2D eigenvalue weighted by Gasteiger charge is -2.11. The second-order valence-corrected chi connectivity index (χ2v) is 5.49. The quantitative estimate of drug-likeness (QED) is 0.690. The van der Waals surface area contributed by atoms with Crippen LogP contribution in [0, 0.1) is 6.92 Å². The first-order valence-electron chi connectivity index (χ1n) is 6.63. The van der Waals surface area contributed by atoms with Crippen molar-refractivity contribution in [1.29, 1.82) is 0 Å². The average molecular weight is 296 g/mol. The molecule has 0 aromatic carbocycles. The number of aliphatic hydroxyl groups is 1. The van der Waals surface area contributed by atoms with E-state index >= 15 is 0 Å². The predicted octanol–water partition coefficient (Wildman–Crippen LogP) is 1.75. The molecule has 0 fully saturated rings. The first-order valence-corrected chi connectivity index (χ1v) is 7.51. The summed E-state index contributed by atoms with van der Waals surface area (Å²) in [6.07, 6.45) is 1.98. The summed E-state index contributed by atoms with van der Waals surface area (Å²) in [5.74, 6) is 0.860. The number of aromatic nitrogens is 1. The number of ether oxygens (including phenoxy) is 1. The van der Waals surface area contributed by atoms with Crippen molar-refractivity contribution in [3.63, 3.8) is 0 Å². The van der Waals surface area contributed by atoms with Crippen LogP contribution in [0.25, 0.3) is 0 Å². The van der Waals surface area contributed by atoms with E-state index < -0.39 is 6.10 Å². The van der Waals surface area contributed by atoms with Gasteiger partial charge in [0.25, 0.3) is 0 Å². The molecule has 1 atom stereocenters. The van der Waals surface area contributed by atoms with Gasteiger partial charge in [-0.25, -0.2) is 4.98 Å². The highest BCUT2D eigenvalue weighted by atomic mass is 32.1. The van der Waals surface area contributed by atoms with Gasteiger partial charge in [-0.3, -0.25) is 0 Å². The Kier molecular flexibility index (Phi) is 6.20. The van der Waals surface area contributed by atoms with Crippen molar-refractivity contribution in [2.45, 2.75) is 26.0 Å². The van der Waals surface area contributed by atoms with Gasteiger partial charge in [0.15, 0.2) is 0 Å². The molecule has 2 aromatic heterocycles. The summed E-state index contributed by atoms with van der Waals surface area (Å²) in [5, 5.41) is 12.9. The van der Waals surface area contributed by atoms with Crippen LogP contribution in [0.3, 0.4) is 0 Å². The van der Waals surface area contributed by atoms with E-state index in [0.29, 0.717) is 26.3 Å². The maximum atomic E-state index is 9.76. The normalized spacial score (nSPS) is 12.7. The third-order valence-corrected chi connectivity index (χ3v) is 3.88. The molecule has 0 amide bonds. The zero-order valence-electron chi connectivity index (χ0n) is 11.5. The Morgan fingerprint density at radius 1 is 1.55 bits per heavy atom. The fourth-order valence-electron chi connectivity index (χ4n) is 1.78. The number of aliphatic hydroxyl groups excluding tert-OH is 1. The number of nitrogens with zero attached hydrogens (tertiary/aromatic N) is 1. The molecule has 20 heavy (non-hydrogen) atoms. The lowest BCUT2D eigenvalue weighted by Crippen LogP contribution is -2.30. The van der Waals surface area contributed by atoms with Crippen LogP contribution in [-0.2, 0) is 17.7 Å². The average Bonchev–Trinajstić information content (AvgIpc) is 3.07. The molecule has 1 unspecified atom stereocenters. The Morgan fingerprint density at radius 3 is 3.15 bits per heavy atom. The molecule has 2 heterocycles. The molecule has 0 aliphatic rings. The number of thiazole rings is 1. The molecule has 0 aliphatic heterocycles. The molecule has 2 N–H and O–H groups in total. The third kappa shape index (κ3) is 5.05. The number of aryl methyl sites for hydroxylation is 1. The van der Waals surface area contributed by atoms with Crippen LogP contribution in [0.2, 0.25) is 0 Å². The van der Waals surface area contributed by atoms with Gasteiger partial charge in [0.1, 0.15) is 5.76 Å². The van der Waals surface area contributed by atoms with Gasteiger partial charge in [-0.15, -0.1) is 11.3 Å². The molecule has 110 valence electrons. The van der Waals surface area contributed by atoms with Crippen LogP contribution in [0.15, 0.2) is 28.3 Å². The minimum atomic E-state index is -0.507. The van der Waals surface area contributed by atoms with Crippen LogP contribution >= 0.6 is 11.3 Å². The van der Waals surface area contributed by atoms with Crippen LogP contribution in [0.5, 0.6) is 0 Å². The van der Waals surface area contributed by atoms with Gasteiger partial charge in [-0.05, 0) is 19.1 Å². The Hall–Kier alpha value is -1.21. The summed E-state index contributed by atoms with van der Waals surface area (Å²) in [5.41, 5.74) is 2.91. The lowest BCUT2D eigenvalue weighted by molar-refractivity contribution is 0.0381. The summed E-state index contributed by atoms with van der Waals surface area (Å²) in [4.78, 5) is 5.44. The monoisotopic (exact) mass is 296 g/mol. The second-order valence-electron chi connectivity index (χ2n) is 4.55. The topological polar surface area (TPSA) is 67.5 Å². The second kappa shape index (κ2) is 8.16. The molecule has 0 saturated heterocycles. The summed E-state index contributed by atoms with van der Waals surface area (Å²) in [6, 6.07) is 3.74. The molecule has 5 nitrogen and oxygen atoms in total. The van der Waals surface area contributed by atoms with E-state index in [9.17, 15) is 5.11 Å². The molecule has 0 radical (unpaired) electrons. The van der Waals surface area contributed by atoms with Crippen LogP contribution in [-0.4, -0.2) is 36.0 Å². The fraction of sp³-hybridized carbons (Fsp3) is 0.500. The summed E-state index contributed by atoms with van der Waals surface area (Å²) in [6.45, 7) is 4.05. The van der Waals surface area contributed by atoms with Gasteiger partial charge in [-0.2, -0.15) is 0 Å². The summed E-state index contributed by atoms with van der Waals surface area (Å²) in [7, 11) is 0. The van der Waals surface area contributed by atoms with Gasteiger partial charge in [0.2, 0.25) is 0 Å². The Balaban J connectivity index is 1.52.